The fourth-order valence-electron chi connectivity index (χ4n) is 5.60. The summed E-state index contributed by atoms with van der Waals surface area (Å²) in [4.78, 5) is 28.4. The van der Waals surface area contributed by atoms with Crippen molar-refractivity contribution in [2.45, 2.75) is 51.2 Å². The van der Waals surface area contributed by atoms with Crippen LogP contribution < -0.4 is 24.8 Å². The summed E-state index contributed by atoms with van der Waals surface area (Å²) in [5.41, 5.74) is 3.89. The third-order valence-corrected chi connectivity index (χ3v) is 7.90. The highest BCUT2D eigenvalue weighted by atomic mass is 16.5. The zero-order valence-electron chi connectivity index (χ0n) is 23.9. The van der Waals surface area contributed by atoms with Crippen molar-refractivity contribution in [3.05, 3.63) is 82.9 Å². The zero-order valence-corrected chi connectivity index (χ0v) is 23.9. The molecule has 8 nitrogen and oxygen atoms in total. The molecule has 1 saturated carbocycles. The van der Waals surface area contributed by atoms with Gasteiger partial charge in [0, 0.05) is 31.7 Å². The molecule has 0 atom stereocenters. The monoisotopic (exact) mass is 557 g/mol. The van der Waals surface area contributed by atoms with Gasteiger partial charge >= 0.3 is 0 Å². The lowest BCUT2D eigenvalue weighted by Gasteiger charge is -2.29. The largest absolute Gasteiger partial charge is 0.493 e. The van der Waals surface area contributed by atoms with Gasteiger partial charge in [-0.05, 0) is 91.8 Å². The van der Waals surface area contributed by atoms with Crippen molar-refractivity contribution in [1.82, 2.24) is 10.2 Å². The second-order valence-electron chi connectivity index (χ2n) is 10.7. The summed E-state index contributed by atoms with van der Waals surface area (Å²) < 4.78 is 17.0. The van der Waals surface area contributed by atoms with Gasteiger partial charge in [-0.3, -0.25) is 14.5 Å². The number of benzene rings is 3. The average molecular weight is 558 g/mol. The van der Waals surface area contributed by atoms with Gasteiger partial charge in [0.15, 0.2) is 11.5 Å². The highest BCUT2D eigenvalue weighted by Gasteiger charge is 2.20. The SMILES string of the molecule is COc1cc2c(cc1OC)CN(CCNC(=O)c1ccccc1NC(=O)c1ccc(OC3CCCCC3)cc1)CC2. The normalized spacial score (nSPS) is 15.5. The van der Waals surface area contributed by atoms with E-state index in [1.165, 1.54) is 30.4 Å². The number of carbonyl (C=O) groups is 2. The van der Waals surface area contributed by atoms with E-state index in [9.17, 15) is 9.59 Å². The summed E-state index contributed by atoms with van der Waals surface area (Å²) in [5, 5.41) is 5.92. The van der Waals surface area contributed by atoms with Crippen LogP contribution in [0.25, 0.3) is 0 Å². The Labute approximate surface area is 242 Å². The van der Waals surface area contributed by atoms with Crippen molar-refractivity contribution in [3.63, 3.8) is 0 Å². The van der Waals surface area contributed by atoms with Gasteiger partial charge in [0.05, 0.1) is 31.6 Å². The van der Waals surface area contributed by atoms with Crippen LogP contribution in [-0.2, 0) is 13.0 Å². The molecule has 0 spiro atoms. The van der Waals surface area contributed by atoms with Crippen LogP contribution in [0.15, 0.2) is 60.7 Å². The van der Waals surface area contributed by atoms with Crippen molar-refractivity contribution in [2.24, 2.45) is 0 Å². The maximum absolute atomic E-state index is 13.1. The number of methoxy groups -OCH3 is 2. The molecule has 1 aliphatic heterocycles. The van der Waals surface area contributed by atoms with Crippen molar-refractivity contribution >= 4 is 17.5 Å². The van der Waals surface area contributed by atoms with Crippen molar-refractivity contribution in [2.75, 3.05) is 39.2 Å². The van der Waals surface area contributed by atoms with Crippen molar-refractivity contribution in [3.8, 4) is 17.2 Å². The van der Waals surface area contributed by atoms with E-state index in [0.29, 0.717) is 29.9 Å². The number of fused-ring (bicyclic) bond motifs is 1. The fraction of sp³-hybridized carbons (Fsp3) is 0.394. The molecule has 3 aromatic carbocycles. The minimum absolute atomic E-state index is 0.221. The number of amides is 2. The predicted molar refractivity (Wildman–Crippen MR) is 159 cm³/mol. The van der Waals surface area contributed by atoms with Gasteiger partial charge in [0.2, 0.25) is 0 Å². The number of para-hydroxylation sites is 1. The van der Waals surface area contributed by atoms with Crippen LogP contribution in [0.5, 0.6) is 17.2 Å². The first-order valence-electron chi connectivity index (χ1n) is 14.5. The summed E-state index contributed by atoms with van der Waals surface area (Å²) in [7, 11) is 3.29. The smallest absolute Gasteiger partial charge is 0.255 e. The zero-order chi connectivity index (χ0) is 28.6. The lowest BCUT2D eigenvalue weighted by molar-refractivity contribution is 0.0948. The Morgan fingerprint density at radius 3 is 2.32 bits per heavy atom. The van der Waals surface area contributed by atoms with Gasteiger partial charge in [0.25, 0.3) is 11.8 Å². The molecule has 8 heteroatoms. The number of nitrogens with zero attached hydrogens (tertiary/aromatic N) is 1. The van der Waals surface area contributed by atoms with Crippen LogP contribution in [0.2, 0.25) is 0 Å². The van der Waals surface area contributed by atoms with E-state index in [1.54, 1.807) is 44.6 Å². The van der Waals surface area contributed by atoms with E-state index in [1.807, 2.05) is 24.3 Å². The van der Waals surface area contributed by atoms with Gasteiger partial charge in [-0.2, -0.15) is 0 Å². The maximum atomic E-state index is 13.1. The summed E-state index contributed by atoms with van der Waals surface area (Å²) in [6, 6.07) is 18.4. The minimum atomic E-state index is -0.270. The average Bonchev–Trinajstić information content (AvgIpc) is 3.01. The van der Waals surface area contributed by atoms with Crippen LogP contribution >= 0.6 is 0 Å². The summed E-state index contributed by atoms with van der Waals surface area (Å²) in [6.07, 6.45) is 7.01. The molecule has 0 aromatic heterocycles. The van der Waals surface area contributed by atoms with Crippen LogP contribution in [0.4, 0.5) is 5.69 Å². The van der Waals surface area contributed by atoms with E-state index >= 15 is 0 Å². The van der Waals surface area contributed by atoms with Crippen molar-refractivity contribution in [1.29, 1.82) is 0 Å². The molecular formula is C33H39N3O5. The molecule has 41 heavy (non-hydrogen) atoms. The lowest BCUT2D eigenvalue weighted by Crippen LogP contribution is -2.38. The molecule has 216 valence electrons. The summed E-state index contributed by atoms with van der Waals surface area (Å²) in [5.74, 6) is 1.76. The topological polar surface area (TPSA) is 89.1 Å². The number of carbonyl (C=O) groups excluding carboxylic acids is 2. The Balaban J connectivity index is 1.14. The first kappa shape index (κ1) is 28.5. The molecule has 0 bridgehead atoms. The minimum Gasteiger partial charge on any atom is -0.493 e. The van der Waals surface area contributed by atoms with E-state index in [4.69, 9.17) is 14.2 Å². The van der Waals surface area contributed by atoms with Gasteiger partial charge in [0.1, 0.15) is 5.75 Å². The predicted octanol–water partition coefficient (Wildman–Crippen LogP) is 5.46. The molecule has 0 unspecified atom stereocenters. The Hall–Kier alpha value is -4.04. The summed E-state index contributed by atoms with van der Waals surface area (Å²) >= 11 is 0. The molecule has 2 amide bonds. The molecule has 1 fully saturated rings. The Bertz CT molecular complexity index is 1350. The van der Waals surface area contributed by atoms with E-state index in [2.05, 4.69) is 21.6 Å². The Kier molecular flexibility index (Phi) is 9.41. The number of nitrogens with one attached hydrogen (secondary N) is 2. The third kappa shape index (κ3) is 7.19. The standard InChI is InChI=1S/C33H39N3O5/c1-39-30-20-24-16-18-36(22-25(24)21-31(30)40-2)19-17-34-33(38)28-10-6-7-11-29(28)35-32(37)23-12-14-27(15-13-23)41-26-8-4-3-5-9-26/h6-7,10-15,20-21,26H,3-5,8-9,16-19,22H2,1-2H3,(H,34,38)(H,35,37). The number of anilines is 1. The van der Waals surface area contributed by atoms with Crippen molar-refractivity contribution < 1.29 is 23.8 Å². The molecule has 0 saturated heterocycles. The molecule has 1 heterocycles. The second kappa shape index (κ2) is 13.5. The first-order chi connectivity index (χ1) is 20.0. The number of hydrogen-bond acceptors (Lipinski definition) is 6. The Morgan fingerprint density at radius 1 is 0.878 bits per heavy atom. The van der Waals surface area contributed by atoms with Gasteiger partial charge in [-0.25, -0.2) is 0 Å². The molecule has 2 N–H and O–H groups in total. The highest BCUT2D eigenvalue weighted by Crippen LogP contribution is 2.33. The van der Waals surface area contributed by atoms with Crippen LogP contribution in [0.1, 0.15) is 63.9 Å². The lowest BCUT2D eigenvalue weighted by atomic mass is 9.98. The molecule has 2 aliphatic rings. The van der Waals surface area contributed by atoms with E-state index < -0.39 is 0 Å². The molecule has 1 aliphatic carbocycles. The molecule has 3 aromatic rings. The van der Waals surface area contributed by atoms with Gasteiger partial charge < -0.3 is 24.8 Å². The van der Waals surface area contributed by atoms with Gasteiger partial charge in [-0.15, -0.1) is 0 Å². The van der Waals surface area contributed by atoms with Crippen LogP contribution in [0.3, 0.4) is 0 Å². The number of rotatable bonds is 10. The molecule has 0 radical (unpaired) electrons. The Morgan fingerprint density at radius 2 is 1.59 bits per heavy atom. The number of hydrogen-bond donors (Lipinski definition) is 2. The number of ether oxygens (including phenoxy) is 3. The molecule has 5 rings (SSSR count). The van der Waals surface area contributed by atoms with Crippen LogP contribution in [-0.4, -0.2) is 56.7 Å². The fourth-order valence-corrected chi connectivity index (χ4v) is 5.60. The van der Waals surface area contributed by atoms with Crippen LogP contribution in [0, 0.1) is 0 Å². The third-order valence-electron chi connectivity index (χ3n) is 7.90. The maximum Gasteiger partial charge on any atom is 0.255 e. The van der Waals surface area contributed by atoms with Gasteiger partial charge in [-0.1, -0.05) is 18.6 Å². The molecular weight excluding hydrogens is 518 g/mol. The first-order valence-corrected chi connectivity index (χ1v) is 14.5. The second-order valence-corrected chi connectivity index (χ2v) is 10.7. The quantitative estimate of drug-likeness (QED) is 0.344. The highest BCUT2D eigenvalue weighted by molar-refractivity contribution is 6.09. The van der Waals surface area contributed by atoms with E-state index in [-0.39, 0.29) is 17.9 Å². The van der Waals surface area contributed by atoms with E-state index in [0.717, 1.165) is 49.6 Å². The summed E-state index contributed by atoms with van der Waals surface area (Å²) in [6.45, 7) is 2.88.